The first kappa shape index (κ1) is 14.5. The maximum atomic E-state index is 9.43. The van der Waals surface area contributed by atoms with Crippen LogP contribution >= 0.6 is 0 Å². The molecule has 2 nitrogen and oxygen atoms in total. The molecule has 0 amide bonds. The van der Waals surface area contributed by atoms with Crippen molar-refractivity contribution in [2.24, 2.45) is 5.92 Å². The molecular weight excluding hydrogens is 208 g/mol. The normalized spacial score (nSPS) is 28.9. The molecule has 0 spiro atoms. The van der Waals surface area contributed by atoms with Crippen LogP contribution in [0.2, 0.25) is 0 Å². The van der Waals surface area contributed by atoms with Crippen LogP contribution < -0.4 is 0 Å². The second-order valence-corrected chi connectivity index (χ2v) is 5.68. The van der Waals surface area contributed by atoms with Gasteiger partial charge in [0.05, 0.1) is 19.6 Å². The van der Waals surface area contributed by atoms with E-state index in [0.29, 0.717) is 0 Å². The van der Waals surface area contributed by atoms with Crippen LogP contribution in [0, 0.1) is 17.4 Å². The van der Waals surface area contributed by atoms with E-state index < -0.39 is 0 Å². The summed E-state index contributed by atoms with van der Waals surface area (Å²) in [4.78, 5) is 0. The number of nitrogens with zero attached hydrogens (tertiary/aromatic N) is 2. The standard InChI is InChI=1S/C15H29N2/c1-3-5-6-7-8-11-17(14-16)12-9-15(4-2)10-13-17/h15H,3-13H2,1-2H3/q+1. The van der Waals surface area contributed by atoms with Gasteiger partial charge in [0.1, 0.15) is 0 Å². The summed E-state index contributed by atoms with van der Waals surface area (Å²) in [6.45, 7) is 7.82. The summed E-state index contributed by atoms with van der Waals surface area (Å²) in [5, 5.41) is 9.43. The number of hydrogen-bond acceptors (Lipinski definition) is 1. The third-order valence-electron chi connectivity index (χ3n) is 4.41. The van der Waals surface area contributed by atoms with Gasteiger partial charge in [0, 0.05) is 12.8 Å². The molecule has 2 heteroatoms. The summed E-state index contributed by atoms with van der Waals surface area (Å²) >= 11 is 0. The van der Waals surface area contributed by atoms with E-state index >= 15 is 0 Å². The third-order valence-corrected chi connectivity index (χ3v) is 4.41. The smallest absolute Gasteiger partial charge is 0.224 e. The van der Waals surface area contributed by atoms with Crippen molar-refractivity contribution in [1.29, 1.82) is 5.26 Å². The van der Waals surface area contributed by atoms with Crippen molar-refractivity contribution < 1.29 is 4.48 Å². The molecule has 1 fully saturated rings. The summed E-state index contributed by atoms with van der Waals surface area (Å²) in [6, 6.07) is 0. The molecule has 17 heavy (non-hydrogen) atoms. The Hall–Kier alpha value is -0.550. The average molecular weight is 237 g/mol. The minimum atomic E-state index is 0.739. The van der Waals surface area contributed by atoms with Gasteiger partial charge in [-0.2, -0.15) is 0 Å². The van der Waals surface area contributed by atoms with Gasteiger partial charge in [0.2, 0.25) is 0 Å². The molecule has 1 aliphatic rings. The van der Waals surface area contributed by atoms with E-state index in [1.54, 1.807) is 0 Å². The minimum absolute atomic E-state index is 0.739. The highest BCUT2D eigenvalue weighted by Crippen LogP contribution is 2.25. The summed E-state index contributed by atoms with van der Waals surface area (Å²) in [5.74, 6) is 0.884. The fraction of sp³-hybridized carbons (Fsp3) is 0.933. The number of unbranched alkanes of at least 4 members (excludes halogenated alkanes) is 4. The summed E-state index contributed by atoms with van der Waals surface area (Å²) in [7, 11) is 0. The number of quaternary nitrogens is 1. The topological polar surface area (TPSA) is 23.8 Å². The zero-order chi connectivity index (χ0) is 12.6. The molecule has 0 atom stereocenters. The monoisotopic (exact) mass is 237 g/mol. The zero-order valence-electron chi connectivity index (χ0n) is 11.7. The molecule has 0 aromatic heterocycles. The third kappa shape index (κ3) is 4.68. The van der Waals surface area contributed by atoms with Gasteiger partial charge < -0.3 is 0 Å². The van der Waals surface area contributed by atoms with Crippen molar-refractivity contribution in [3.63, 3.8) is 0 Å². The van der Waals surface area contributed by atoms with Crippen LogP contribution in [-0.4, -0.2) is 24.1 Å². The van der Waals surface area contributed by atoms with E-state index in [4.69, 9.17) is 0 Å². The lowest BCUT2D eigenvalue weighted by Crippen LogP contribution is -2.49. The van der Waals surface area contributed by atoms with E-state index in [-0.39, 0.29) is 0 Å². The molecule has 0 unspecified atom stereocenters. The van der Waals surface area contributed by atoms with Crippen LogP contribution in [0.15, 0.2) is 0 Å². The Morgan fingerprint density at radius 1 is 1.06 bits per heavy atom. The highest BCUT2D eigenvalue weighted by Gasteiger charge is 2.33. The molecule has 0 bridgehead atoms. The van der Waals surface area contributed by atoms with E-state index in [2.05, 4.69) is 20.0 Å². The fourth-order valence-corrected chi connectivity index (χ4v) is 2.92. The lowest BCUT2D eigenvalue weighted by atomic mass is 9.92. The molecule has 1 heterocycles. The van der Waals surface area contributed by atoms with Gasteiger partial charge in [0.15, 0.2) is 0 Å². The van der Waals surface area contributed by atoms with Crippen molar-refractivity contribution in [3.8, 4) is 6.19 Å². The second-order valence-electron chi connectivity index (χ2n) is 5.68. The Morgan fingerprint density at radius 2 is 1.71 bits per heavy atom. The molecule has 0 radical (unpaired) electrons. The number of hydrogen-bond donors (Lipinski definition) is 0. The molecule has 1 rings (SSSR count). The predicted octanol–water partition coefficient (Wildman–Crippen LogP) is 4.07. The average Bonchev–Trinajstić information content (AvgIpc) is 2.39. The second kappa shape index (κ2) is 7.71. The van der Waals surface area contributed by atoms with Crippen LogP contribution in [-0.2, 0) is 0 Å². The lowest BCUT2D eigenvalue weighted by molar-refractivity contribution is -0.872. The number of likely N-dealkylation sites (tertiary alicyclic amines) is 1. The molecule has 0 aromatic carbocycles. The molecule has 0 N–H and O–H groups in total. The largest absolute Gasteiger partial charge is 0.308 e. The maximum Gasteiger partial charge on any atom is 0.308 e. The summed E-state index contributed by atoms with van der Waals surface area (Å²) < 4.78 is 0.739. The van der Waals surface area contributed by atoms with Gasteiger partial charge in [-0.05, 0) is 18.8 Å². The molecule has 1 saturated heterocycles. The molecule has 0 aromatic rings. The Kier molecular flexibility index (Phi) is 6.58. The quantitative estimate of drug-likeness (QED) is 0.372. The van der Waals surface area contributed by atoms with Crippen LogP contribution in [0.1, 0.15) is 65.2 Å². The van der Waals surface area contributed by atoms with Crippen LogP contribution in [0.3, 0.4) is 0 Å². The van der Waals surface area contributed by atoms with E-state index in [1.165, 1.54) is 51.4 Å². The lowest BCUT2D eigenvalue weighted by Gasteiger charge is -2.36. The summed E-state index contributed by atoms with van der Waals surface area (Å²) in [5.41, 5.74) is 0. The Labute approximate surface area is 107 Å². The number of piperidine rings is 1. The first-order chi connectivity index (χ1) is 8.26. The van der Waals surface area contributed by atoms with E-state index in [9.17, 15) is 5.26 Å². The van der Waals surface area contributed by atoms with Crippen LogP contribution in [0.25, 0.3) is 0 Å². The molecule has 0 aliphatic carbocycles. The molecule has 1 aliphatic heterocycles. The zero-order valence-corrected chi connectivity index (χ0v) is 11.7. The van der Waals surface area contributed by atoms with Gasteiger partial charge in [-0.1, -0.05) is 39.5 Å². The molecule has 98 valence electrons. The Balaban J connectivity index is 2.26. The Bertz CT molecular complexity index is 234. The van der Waals surface area contributed by atoms with Gasteiger partial charge in [0.25, 0.3) is 0 Å². The van der Waals surface area contributed by atoms with Crippen molar-refractivity contribution in [2.45, 2.75) is 65.2 Å². The number of nitriles is 1. The SMILES string of the molecule is CCCCCCC[N+]1(C#N)CCC(CC)CC1. The van der Waals surface area contributed by atoms with Gasteiger partial charge in [-0.25, -0.2) is 4.48 Å². The van der Waals surface area contributed by atoms with Gasteiger partial charge in [-0.3, -0.25) is 0 Å². The van der Waals surface area contributed by atoms with Crippen molar-refractivity contribution >= 4 is 0 Å². The summed E-state index contributed by atoms with van der Waals surface area (Å²) in [6.07, 6.45) is 13.0. The molecule has 0 saturated carbocycles. The first-order valence-corrected chi connectivity index (χ1v) is 7.53. The predicted molar refractivity (Wildman–Crippen MR) is 72.2 cm³/mol. The minimum Gasteiger partial charge on any atom is -0.224 e. The van der Waals surface area contributed by atoms with E-state index in [0.717, 1.165) is 30.0 Å². The van der Waals surface area contributed by atoms with Crippen molar-refractivity contribution in [2.75, 3.05) is 19.6 Å². The van der Waals surface area contributed by atoms with Gasteiger partial charge in [-0.15, -0.1) is 5.26 Å². The Morgan fingerprint density at radius 3 is 2.24 bits per heavy atom. The highest BCUT2D eigenvalue weighted by molar-refractivity contribution is 4.69. The van der Waals surface area contributed by atoms with Crippen LogP contribution in [0.5, 0.6) is 0 Å². The van der Waals surface area contributed by atoms with Crippen LogP contribution in [0.4, 0.5) is 0 Å². The van der Waals surface area contributed by atoms with Gasteiger partial charge >= 0.3 is 6.19 Å². The van der Waals surface area contributed by atoms with E-state index in [1.807, 2.05) is 0 Å². The fourth-order valence-electron chi connectivity index (χ4n) is 2.92. The first-order valence-electron chi connectivity index (χ1n) is 7.53. The maximum absolute atomic E-state index is 9.43. The van der Waals surface area contributed by atoms with Crippen molar-refractivity contribution in [3.05, 3.63) is 0 Å². The highest BCUT2D eigenvalue weighted by atomic mass is 15.3. The number of rotatable bonds is 7. The molecular formula is C15H29N2+. The van der Waals surface area contributed by atoms with Crippen molar-refractivity contribution in [1.82, 2.24) is 0 Å².